The van der Waals surface area contributed by atoms with E-state index in [4.69, 9.17) is 11.6 Å². The molecule has 0 aliphatic heterocycles. The molecular formula is C31H59N3. The fourth-order valence-corrected chi connectivity index (χ4v) is 8.69. The van der Waals surface area contributed by atoms with Gasteiger partial charge in [-0.05, 0) is 118 Å². The molecule has 3 nitrogen and oxygen atoms in total. The van der Waals surface area contributed by atoms with Crippen LogP contribution in [0.25, 0.3) is 0 Å². The first-order chi connectivity index (χ1) is 16.3. The van der Waals surface area contributed by atoms with E-state index in [2.05, 4.69) is 34.6 Å². The van der Waals surface area contributed by atoms with Crippen molar-refractivity contribution in [3.05, 3.63) is 24.6 Å². The van der Waals surface area contributed by atoms with Crippen molar-refractivity contribution in [1.82, 2.24) is 5.01 Å². The van der Waals surface area contributed by atoms with Gasteiger partial charge in [0, 0.05) is 18.9 Å². The van der Waals surface area contributed by atoms with Crippen LogP contribution in [0.15, 0.2) is 24.6 Å². The second kappa shape index (κ2) is 14.0. The molecule has 3 heteroatoms. The molecule has 8 unspecified atom stereocenters. The second-order valence-electron chi connectivity index (χ2n) is 12.5. The number of nitrogens with zero attached hydrogens (tertiary/aromatic N) is 1. The van der Waals surface area contributed by atoms with Crippen molar-refractivity contribution in [2.75, 3.05) is 6.54 Å². The zero-order chi connectivity index (χ0) is 25.3. The van der Waals surface area contributed by atoms with Crippen LogP contribution in [0.2, 0.25) is 0 Å². The zero-order valence-electron chi connectivity index (χ0n) is 23.8. The minimum atomic E-state index is 0.544. The van der Waals surface area contributed by atoms with E-state index < -0.39 is 0 Å². The molecule has 0 amide bonds. The molecule has 0 aromatic rings. The standard InChI is InChI=1S/C24H43N3.C4H8.C3H8/c1-16-4-6-19-18(14-16)5-7-21-20(19)10-11-24(3)22(8-9-23(21)24)17(2)15-27(26)13-12-25;1-3-4-2;1-3-2/h12-13,16-23H,4-11,14-15,25-26H2,1-3H3;3-4H,1-2H3;3H2,1-2H3/b13-12-;4-3-;/t16?,17-,18?,19?,20?,21?,22?,23?,24?;;/m1../s1. The summed E-state index contributed by atoms with van der Waals surface area (Å²) < 4.78 is 0. The van der Waals surface area contributed by atoms with Gasteiger partial charge < -0.3 is 10.7 Å². The maximum Gasteiger partial charge on any atom is 0.0364 e. The fourth-order valence-electron chi connectivity index (χ4n) is 8.69. The SMILES string of the molecule is C/C=C\C.CC1CCC2C(CCC3C2CCC2(C)C3CCC2[C@H](C)CN(N)/C=C\N)C1.CCC. The molecule has 0 aromatic carbocycles. The molecule has 4 aliphatic rings. The van der Waals surface area contributed by atoms with Crippen LogP contribution in [0.3, 0.4) is 0 Å². The molecule has 0 aromatic heterocycles. The first-order valence-electron chi connectivity index (χ1n) is 14.7. The lowest BCUT2D eigenvalue weighted by Gasteiger charge is -2.56. The Bertz CT molecular complexity index is 624. The van der Waals surface area contributed by atoms with Crippen LogP contribution in [0, 0.1) is 52.8 Å². The minimum absolute atomic E-state index is 0.544. The Labute approximate surface area is 213 Å². The highest BCUT2D eigenvalue weighted by atomic mass is 15.4. The van der Waals surface area contributed by atoms with Gasteiger partial charge in [0.2, 0.25) is 0 Å². The van der Waals surface area contributed by atoms with Crippen molar-refractivity contribution in [2.45, 2.75) is 113 Å². The van der Waals surface area contributed by atoms with Crippen molar-refractivity contribution >= 4 is 0 Å². The van der Waals surface area contributed by atoms with E-state index in [1.807, 2.05) is 32.2 Å². The number of nitrogens with two attached hydrogens (primary N) is 2. The van der Waals surface area contributed by atoms with Gasteiger partial charge in [-0.15, -0.1) is 0 Å². The zero-order valence-corrected chi connectivity index (χ0v) is 23.8. The summed E-state index contributed by atoms with van der Waals surface area (Å²) in [6, 6.07) is 0. The molecule has 198 valence electrons. The number of hydrogen-bond donors (Lipinski definition) is 2. The lowest BCUT2D eigenvalue weighted by Crippen LogP contribution is -2.49. The third-order valence-electron chi connectivity index (χ3n) is 10.1. The van der Waals surface area contributed by atoms with E-state index in [-0.39, 0.29) is 0 Å². The Balaban J connectivity index is 0.000000519. The highest BCUT2D eigenvalue weighted by molar-refractivity contribution is 5.07. The monoisotopic (exact) mass is 473 g/mol. The Morgan fingerprint density at radius 3 is 2.21 bits per heavy atom. The van der Waals surface area contributed by atoms with Crippen molar-refractivity contribution in [1.29, 1.82) is 0 Å². The van der Waals surface area contributed by atoms with Crippen LogP contribution < -0.4 is 11.6 Å². The average Bonchev–Trinajstić information content (AvgIpc) is 3.17. The average molecular weight is 474 g/mol. The first-order valence-corrected chi connectivity index (χ1v) is 14.7. The number of rotatable bonds is 4. The molecule has 4 rings (SSSR count). The Kier molecular flexibility index (Phi) is 12.0. The van der Waals surface area contributed by atoms with Crippen LogP contribution in [0.4, 0.5) is 0 Å². The van der Waals surface area contributed by atoms with Gasteiger partial charge in [-0.2, -0.15) is 0 Å². The number of fused-ring (bicyclic) bond motifs is 5. The summed E-state index contributed by atoms with van der Waals surface area (Å²) in [6.07, 6.45) is 22.1. The first kappa shape index (κ1) is 29.3. The van der Waals surface area contributed by atoms with Crippen LogP contribution >= 0.6 is 0 Å². The lowest BCUT2D eigenvalue weighted by atomic mass is 9.49. The number of hydrazine groups is 1. The maximum atomic E-state index is 6.12. The van der Waals surface area contributed by atoms with Crippen LogP contribution in [-0.2, 0) is 0 Å². The second-order valence-corrected chi connectivity index (χ2v) is 12.5. The predicted molar refractivity (Wildman–Crippen MR) is 150 cm³/mol. The Morgan fingerprint density at radius 1 is 0.941 bits per heavy atom. The van der Waals surface area contributed by atoms with Crippen LogP contribution in [0.1, 0.15) is 113 Å². The highest BCUT2D eigenvalue weighted by Gasteiger charge is 2.57. The lowest BCUT2D eigenvalue weighted by molar-refractivity contribution is -0.0737. The summed E-state index contributed by atoms with van der Waals surface area (Å²) in [4.78, 5) is 0. The molecule has 4 fully saturated rings. The van der Waals surface area contributed by atoms with Gasteiger partial charge in [0.05, 0.1) is 0 Å². The summed E-state index contributed by atoms with van der Waals surface area (Å²) in [5, 5.41) is 1.79. The Hall–Kier alpha value is -0.960. The smallest absolute Gasteiger partial charge is 0.0364 e. The molecular weight excluding hydrogens is 414 g/mol. The number of hydrogen-bond acceptors (Lipinski definition) is 3. The van der Waals surface area contributed by atoms with Gasteiger partial charge in [-0.1, -0.05) is 59.6 Å². The van der Waals surface area contributed by atoms with Crippen molar-refractivity contribution in [3.63, 3.8) is 0 Å². The van der Waals surface area contributed by atoms with E-state index in [0.717, 1.165) is 48.0 Å². The summed E-state index contributed by atoms with van der Waals surface area (Å²) in [6.45, 7) is 16.7. The van der Waals surface area contributed by atoms with Gasteiger partial charge in [0.1, 0.15) is 0 Å². The van der Waals surface area contributed by atoms with Crippen LogP contribution in [0.5, 0.6) is 0 Å². The van der Waals surface area contributed by atoms with Crippen molar-refractivity contribution in [3.8, 4) is 0 Å². The molecule has 0 radical (unpaired) electrons. The highest BCUT2D eigenvalue weighted by Crippen LogP contribution is 2.65. The molecule has 0 bridgehead atoms. The minimum Gasteiger partial charge on any atom is -0.403 e. The largest absolute Gasteiger partial charge is 0.403 e. The van der Waals surface area contributed by atoms with E-state index >= 15 is 0 Å². The summed E-state index contributed by atoms with van der Waals surface area (Å²) >= 11 is 0. The molecule has 0 saturated heterocycles. The third-order valence-corrected chi connectivity index (χ3v) is 10.1. The van der Waals surface area contributed by atoms with E-state index in [1.54, 1.807) is 11.2 Å². The third kappa shape index (κ3) is 6.83. The topological polar surface area (TPSA) is 55.3 Å². The molecule has 0 heterocycles. The van der Waals surface area contributed by atoms with Crippen molar-refractivity contribution < 1.29 is 0 Å². The molecule has 0 spiro atoms. The van der Waals surface area contributed by atoms with E-state index in [9.17, 15) is 0 Å². The van der Waals surface area contributed by atoms with Gasteiger partial charge in [0.15, 0.2) is 0 Å². The van der Waals surface area contributed by atoms with E-state index in [0.29, 0.717) is 11.3 Å². The molecule has 34 heavy (non-hydrogen) atoms. The van der Waals surface area contributed by atoms with Gasteiger partial charge in [-0.25, -0.2) is 5.84 Å². The molecule has 9 atom stereocenters. The van der Waals surface area contributed by atoms with Gasteiger partial charge >= 0.3 is 0 Å². The number of allylic oxidation sites excluding steroid dienone is 2. The molecule has 4 saturated carbocycles. The van der Waals surface area contributed by atoms with Gasteiger partial charge in [-0.3, -0.25) is 0 Å². The molecule has 4 aliphatic carbocycles. The summed E-state index contributed by atoms with van der Waals surface area (Å²) in [5.74, 6) is 13.7. The quantitative estimate of drug-likeness (QED) is 0.246. The fraction of sp³-hybridized carbons (Fsp3) is 0.871. The van der Waals surface area contributed by atoms with Gasteiger partial charge in [0.25, 0.3) is 0 Å². The van der Waals surface area contributed by atoms with Crippen LogP contribution in [-0.4, -0.2) is 11.6 Å². The normalized spacial score (nSPS) is 39.7. The Morgan fingerprint density at radius 2 is 1.59 bits per heavy atom. The molecule has 4 N–H and O–H groups in total. The summed E-state index contributed by atoms with van der Waals surface area (Å²) in [7, 11) is 0. The maximum absolute atomic E-state index is 6.12. The van der Waals surface area contributed by atoms with Crippen molar-refractivity contribution in [2.24, 2.45) is 64.3 Å². The predicted octanol–water partition coefficient (Wildman–Crippen LogP) is 8.13. The summed E-state index contributed by atoms with van der Waals surface area (Å²) in [5.41, 5.74) is 6.07. The van der Waals surface area contributed by atoms with E-state index in [1.165, 1.54) is 64.2 Å².